The third kappa shape index (κ3) is 2.67. The highest BCUT2D eigenvalue weighted by Crippen LogP contribution is 2.22. The second-order valence-electron chi connectivity index (χ2n) is 4.54. The van der Waals surface area contributed by atoms with Crippen molar-refractivity contribution in [1.29, 1.82) is 0 Å². The van der Waals surface area contributed by atoms with Gasteiger partial charge in [0.05, 0.1) is 11.2 Å². The van der Waals surface area contributed by atoms with Gasteiger partial charge in [0.1, 0.15) is 5.52 Å². The van der Waals surface area contributed by atoms with Gasteiger partial charge in [0.15, 0.2) is 0 Å². The van der Waals surface area contributed by atoms with Crippen LogP contribution in [0.15, 0.2) is 46.9 Å². The summed E-state index contributed by atoms with van der Waals surface area (Å²) in [5.74, 6) is -0.171. The van der Waals surface area contributed by atoms with Gasteiger partial charge in [-0.25, -0.2) is 4.68 Å². The first-order chi connectivity index (χ1) is 10.2. The van der Waals surface area contributed by atoms with Crippen LogP contribution in [-0.4, -0.2) is 20.9 Å². The Kier molecular flexibility index (Phi) is 3.70. The minimum absolute atomic E-state index is 0.171. The maximum absolute atomic E-state index is 12.3. The van der Waals surface area contributed by atoms with Crippen LogP contribution in [-0.2, 0) is 6.54 Å². The highest BCUT2D eigenvalue weighted by molar-refractivity contribution is 9.10. The lowest BCUT2D eigenvalue weighted by Crippen LogP contribution is -2.12. The second kappa shape index (κ2) is 5.65. The average molecular weight is 345 g/mol. The third-order valence-corrected chi connectivity index (χ3v) is 3.89. The fourth-order valence-electron chi connectivity index (χ4n) is 2.10. The molecule has 3 rings (SSSR count). The molecule has 0 spiro atoms. The van der Waals surface area contributed by atoms with Gasteiger partial charge in [-0.1, -0.05) is 17.3 Å². The number of fused-ring (bicyclic) bond motifs is 1. The van der Waals surface area contributed by atoms with Crippen LogP contribution in [0, 0.1) is 0 Å². The first kappa shape index (κ1) is 13.8. The first-order valence-corrected chi connectivity index (χ1v) is 7.37. The van der Waals surface area contributed by atoms with Crippen molar-refractivity contribution in [2.45, 2.75) is 13.5 Å². The van der Waals surface area contributed by atoms with Crippen molar-refractivity contribution in [3.63, 3.8) is 0 Å². The Labute approximate surface area is 130 Å². The van der Waals surface area contributed by atoms with Gasteiger partial charge in [0.25, 0.3) is 5.91 Å². The predicted molar refractivity (Wildman–Crippen MR) is 85.3 cm³/mol. The van der Waals surface area contributed by atoms with Crippen LogP contribution in [0.25, 0.3) is 11.0 Å². The van der Waals surface area contributed by atoms with Crippen molar-refractivity contribution in [2.24, 2.45) is 0 Å². The standard InChI is InChI=1S/C15H13BrN4O/c1-2-20-14-8-7-10(9-13(14)18-19-20)15(21)17-12-6-4-3-5-11(12)16/h3-9H,2H2,1H3,(H,17,21). The lowest BCUT2D eigenvalue weighted by molar-refractivity contribution is 0.102. The summed E-state index contributed by atoms with van der Waals surface area (Å²) in [6.07, 6.45) is 0. The molecule has 5 nitrogen and oxygen atoms in total. The van der Waals surface area contributed by atoms with E-state index in [-0.39, 0.29) is 5.91 Å². The number of carbonyl (C=O) groups is 1. The molecule has 1 amide bonds. The summed E-state index contributed by atoms with van der Waals surface area (Å²) in [6.45, 7) is 2.75. The maximum atomic E-state index is 12.3. The van der Waals surface area contributed by atoms with Crippen LogP contribution in [0.5, 0.6) is 0 Å². The summed E-state index contributed by atoms with van der Waals surface area (Å²) in [5.41, 5.74) is 2.94. The van der Waals surface area contributed by atoms with E-state index in [1.165, 1.54) is 0 Å². The molecule has 1 N–H and O–H groups in total. The Morgan fingerprint density at radius 1 is 1.29 bits per heavy atom. The Balaban J connectivity index is 1.90. The van der Waals surface area contributed by atoms with E-state index in [1.807, 2.05) is 37.3 Å². The Morgan fingerprint density at radius 2 is 2.10 bits per heavy atom. The molecular formula is C15H13BrN4O. The van der Waals surface area contributed by atoms with E-state index >= 15 is 0 Å². The molecule has 21 heavy (non-hydrogen) atoms. The molecule has 0 aliphatic rings. The number of hydrogen-bond donors (Lipinski definition) is 1. The van der Waals surface area contributed by atoms with Gasteiger partial charge in [-0.05, 0) is 53.2 Å². The molecule has 0 saturated carbocycles. The zero-order valence-corrected chi connectivity index (χ0v) is 13.0. The van der Waals surface area contributed by atoms with E-state index in [0.29, 0.717) is 5.56 Å². The van der Waals surface area contributed by atoms with Crippen molar-refractivity contribution in [3.05, 3.63) is 52.5 Å². The molecule has 2 aromatic carbocycles. The molecule has 0 bridgehead atoms. The zero-order chi connectivity index (χ0) is 14.8. The predicted octanol–water partition coefficient (Wildman–Crippen LogP) is 3.47. The van der Waals surface area contributed by atoms with Gasteiger partial charge in [-0.3, -0.25) is 4.79 Å². The number of amides is 1. The van der Waals surface area contributed by atoms with E-state index < -0.39 is 0 Å². The molecule has 0 atom stereocenters. The van der Waals surface area contributed by atoms with Crippen molar-refractivity contribution in [3.8, 4) is 0 Å². The number of halogens is 1. The lowest BCUT2D eigenvalue weighted by atomic mass is 10.2. The van der Waals surface area contributed by atoms with Crippen LogP contribution in [0.2, 0.25) is 0 Å². The van der Waals surface area contributed by atoms with Crippen LogP contribution >= 0.6 is 15.9 Å². The normalized spacial score (nSPS) is 10.8. The minimum Gasteiger partial charge on any atom is -0.321 e. The summed E-state index contributed by atoms with van der Waals surface area (Å²) in [6, 6.07) is 12.9. The topological polar surface area (TPSA) is 59.8 Å². The lowest BCUT2D eigenvalue weighted by Gasteiger charge is -2.07. The smallest absolute Gasteiger partial charge is 0.255 e. The fourth-order valence-corrected chi connectivity index (χ4v) is 2.49. The molecule has 0 radical (unpaired) electrons. The average Bonchev–Trinajstić information content (AvgIpc) is 2.91. The fraction of sp³-hybridized carbons (Fsp3) is 0.133. The molecule has 106 valence electrons. The molecule has 6 heteroatoms. The summed E-state index contributed by atoms with van der Waals surface area (Å²) in [5, 5.41) is 11.0. The van der Waals surface area contributed by atoms with Crippen LogP contribution in [0.3, 0.4) is 0 Å². The highest BCUT2D eigenvalue weighted by Gasteiger charge is 2.11. The number of anilines is 1. The van der Waals surface area contributed by atoms with E-state index in [2.05, 4.69) is 31.6 Å². The SMILES string of the molecule is CCn1nnc2cc(C(=O)Nc3ccccc3Br)ccc21. The van der Waals surface area contributed by atoms with E-state index in [1.54, 1.807) is 16.8 Å². The van der Waals surface area contributed by atoms with E-state index in [4.69, 9.17) is 0 Å². The Bertz CT molecular complexity index is 812. The summed E-state index contributed by atoms with van der Waals surface area (Å²) < 4.78 is 2.64. The van der Waals surface area contributed by atoms with Gasteiger partial charge in [0, 0.05) is 16.6 Å². The molecule has 1 heterocycles. The van der Waals surface area contributed by atoms with E-state index in [0.717, 1.165) is 27.7 Å². The summed E-state index contributed by atoms with van der Waals surface area (Å²) >= 11 is 3.41. The van der Waals surface area contributed by atoms with Gasteiger partial charge in [-0.15, -0.1) is 5.10 Å². The molecule has 0 unspecified atom stereocenters. The number of aryl methyl sites for hydroxylation is 1. The number of para-hydroxylation sites is 1. The highest BCUT2D eigenvalue weighted by atomic mass is 79.9. The molecule has 0 aliphatic carbocycles. The number of carbonyl (C=O) groups excluding carboxylic acids is 1. The van der Waals surface area contributed by atoms with Crippen LogP contribution in [0.4, 0.5) is 5.69 Å². The van der Waals surface area contributed by atoms with Crippen molar-refractivity contribution >= 4 is 38.6 Å². The number of aromatic nitrogens is 3. The second-order valence-corrected chi connectivity index (χ2v) is 5.40. The molecular weight excluding hydrogens is 332 g/mol. The van der Waals surface area contributed by atoms with Crippen molar-refractivity contribution < 1.29 is 4.79 Å². The van der Waals surface area contributed by atoms with Crippen molar-refractivity contribution in [2.75, 3.05) is 5.32 Å². The molecule has 0 saturated heterocycles. The molecule has 0 aliphatic heterocycles. The number of hydrogen-bond acceptors (Lipinski definition) is 3. The largest absolute Gasteiger partial charge is 0.321 e. The van der Waals surface area contributed by atoms with Crippen molar-refractivity contribution in [1.82, 2.24) is 15.0 Å². The summed E-state index contributed by atoms with van der Waals surface area (Å²) in [4.78, 5) is 12.3. The third-order valence-electron chi connectivity index (χ3n) is 3.20. The minimum atomic E-state index is -0.171. The van der Waals surface area contributed by atoms with E-state index in [9.17, 15) is 4.79 Å². The zero-order valence-electron chi connectivity index (χ0n) is 11.4. The van der Waals surface area contributed by atoms with Gasteiger partial charge < -0.3 is 5.32 Å². The molecule has 0 fully saturated rings. The van der Waals surface area contributed by atoms with Crippen LogP contribution < -0.4 is 5.32 Å². The van der Waals surface area contributed by atoms with Crippen LogP contribution in [0.1, 0.15) is 17.3 Å². The Hall–Kier alpha value is -2.21. The summed E-state index contributed by atoms with van der Waals surface area (Å²) in [7, 11) is 0. The molecule has 1 aromatic heterocycles. The number of nitrogens with zero attached hydrogens (tertiary/aromatic N) is 3. The Morgan fingerprint density at radius 3 is 2.86 bits per heavy atom. The number of nitrogens with one attached hydrogen (secondary N) is 1. The first-order valence-electron chi connectivity index (χ1n) is 6.58. The quantitative estimate of drug-likeness (QED) is 0.791. The number of benzene rings is 2. The van der Waals surface area contributed by atoms with Gasteiger partial charge in [0.2, 0.25) is 0 Å². The van der Waals surface area contributed by atoms with Gasteiger partial charge >= 0.3 is 0 Å². The maximum Gasteiger partial charge on any atom is 0.255 e. The number of rotatable bonds is 3. The monoisotopic (exact) mass is 344 g/mol. The molecule has 3 aromatic rings. The van der Waals surface area contributed by atoms with Gasteiger partial charge in [-0.2, -0.15) is 0 Å².